The van der Waals surface area contributed by atoms with Gasteiger partial charge in [-0.05, 0) is 67.4 Å². The molecule has 0 aliphatic carbocycles. The fourth-order valence-electron chi connectivity index (χ4n) is 3.90. The fraction of sp³-hybridized carbons (Fsp3) is 0.261. The van der Waals surface area contributed by atoms with E-state index in [1.54, 1.807) is 17.0 Å². The van der Waals surface area contributed by atoms with Crippen molar-refractivity contribution >= 4 is 27.5 Å². The molecule has 0 N–H and O–H groups in total. The Labute approximate surface area is 195 Å². The predicted molar refractivity (Wildman–Crippen MR) is 118 cm³/mol. The number of furan rings is 1. The minimum atomic E-state index is -4.06. The van der Waals surface area contributed by atoms with Crippen LogP contribution in [0.4, 0.5) is 8.78 Å². The normalized spacial score (nSPS) is 15.2. The Kier molecular flexibility index (Phi) is 6.83. The summed E-state index contributed by atoms with van der Waals surface area (Å²) in [5, 5.41) is 0.376. The molecule has 4 rings (SSSR count). The quantitative estimate of drug-likeness (QED) is 0.497. The smallest absolute Gasteiger partial charge is 0.289 e. The lowest BCUT2D eigenvalue weighted by atomic mass is 10.0. The summed E-state index contributed by atoms with van der Waals surface area (Å²) in [7, 11) is -4.06. The molecule has 3 aromatic rings. The van der Waals surface area contributed by atoms with Gasteiger partial charge in [-0.1, -0.05) is 11.6 Å². The number of carbonyl (C=O) groups excluding carboxylic acids is 1. The largest absolute Gasteiger partial charge is 0.459 e. The van der Waals surface area contributed by atoms with E-state index in [4.69, 9.17) is 16.0 Å². The summed E-state index contributed by atoms with van der Waals surface area (Å²) < 4.78 is 61.6. The first-order valence-electron chi connectivity index (χ1n) is 10.3. The summed E-state index contributed by atoms with van der Waals surface area (Å²) in [6, 6.07) is 11.3. The van der Waals surface area contributed by atoms with Crippen molar-refractivity contribution in [3.63, 3.8) is 0 Å². The zero-order valence-corrected chi connectivity index (χ0v) is 19.0. The van der Waals surface area contributed by atoms with Gasteiger partial charge in [-0.2, -0.15) is 4.31 Å². The minimum absolute atomic E-state index is 0.00203. The summed E-state index contributed by atoms with van der Waals surface area (Å²) in [6.07, 6.45) is 2.07. The third-order valence-corrected chi connectivity index (χ3v) is 7.81. The lowest BCUT2D eigenvalue weighted by molar-refractivity contribution is 0.0644. The van der Waals surface area contributed by atoms with E-state index in [0.717, 1.165) is 18.2 Å². The van der Waals surface area contributed by atoms with Crippen LogP contribution in [0.2, 0.25) is 5.02 Å². The Morgan fingerprint density at radius 2 is 1.79 bits per heavy atom. The average molecular weight is 495 g/mol. The van der Waals surface area contributed by atoms with Gasteiger partial charge >= 0.3 is 0 Å². The molecule has 10 heteroatoms. The maximum atomic E-state index is 14.4. The summed E-state index contributed by atoms with van der Waals surface area (Å²) in [5.41, 5.74) is -0.0679. The fourth-order valence-corrected chi connectivity index (χ4v) is 5.69. The van der Waals surface area contributed by atoms with Crippen LogP contribution in [0.1, 0.15) is 29.0 Å². The molecule has 1 saturated heterocycles. The van der Waals surface area contributed by atoms with Crippen molar-refractivity contribution in [2.24, 2.45) is 0 Å². The molecule has 2 heterocycles. The van der Waals surface area contributed by atoms with Crippen LogP contribution in [0.25, 0.3) is 0 Å². The molecule has 1 fully saturated rings. The first-order valence-corrected chi connectivity index (χ1v) is 12.1. The zero-order chi connectivity index (χ0) is 23.6. The molecule has 0 atom stereocenters. The molecule has 33 heavy (non-hydrogen) atoms. The highest BCUT2D eigenvalue weighted by Crippen LogP contribution is 2.28. The second-order valence-corrected chi connectivity index (χ2v) is 10.1. The third kappa shape index (κ3) is 5.10. The zero-order valence-electron chi connectivity index (χ0n) is 17.5. The summed E-state index contributed by atoms with van der Waals surface area (Å²) in [5.74, 6) is -1.42. The number of hydrogen-bond acceptors (Lipinski definition) is 4. The lowest BCUT2D eigenvalue weighted by Crippen LogP contribution is -2.48. The number of benzene rings is 2. The Balaban J connectivity index is 1.61. The van der Waals surface area contributed by atoms with Crippen LogP contribution in [0.15, 0.2) is 70.2 Å². The Bertz CT molecular complexity index is 1230. The maximum Gasteiger partial charge on any atom is 0.289 e. The molecule has 1 aliphatic rings. The number of piperidine rings is 1. The van der Waals surface area contributed by atoms with Gasteiger partial charge in [0.1, 0.15) is 11.6 Å². The van der Waals surface area contributed by atoms with Crippen LogP contribution in [0.3, 0.4) is 0 Å². The average Bonchev–Trinajstić information content (AvgIpc) is 3.34. The number of carbonyl (C=O) groups is 1. The highest BCUT2D eigenvalue weighted by Gasteiger charge is 2.36. The van der Waals surface area contributed by atoms with Gasteiger partial charge in [0, 0.05) is 36.3 Å². The van der Waals surface area contributed by atoms with Crippen molar-refractivity contribution < 1.29 is 26.4 Å². The number of halogens is 3. The van der Waals surface area contributed by atoms with E-state index < -0.39 is 27.7 Å². The van der Waals surface area contributed by atoms with Gasteiger partial charge in [-0.3, -0.25) is 4.79 Å². The SMILES string of the molecule is O=C(c1ccco1)N1CCC(N(Cc2cc(F)ccc2F)S(=O)(=O)c2ccc(Cl)cc2)CC1. The Morgan fingerprint density at radius 3 is 2.42 bits per heavy atom. The van der Waals surface area contributed by atoms with Gasteiger partial charge in [0.15, 0.2) is 5.76 Å². The first kappa shape index (κ1) is 23.4. The van der Waals surface area contributed by atoms with Crippen molar-refractivity contribution in [2.45, 2.75) is 30.3 Å². The minimum Gasteiger partial charge on any atom is -0.459 e. The van der Waals surface area contributed by atoms with E-state index in [-0.39, 0.29) is 28.7 Å². The van der Waals surface area contributed by atoms with Gasteiger partial charge in [-0.15, -0.1) is 0 Å². The van der Waals surface area contributed by atoms with Crippen LogP contribution in [-0.4, -0.2) is 42.7 Å². The van der Waals surface area contributed by atoms with E-state index in [2.05, 4.69) is 0 Å². The van der Waals surface area contributed by atoms with Crippen LogP contribution >= 0.6 is 11.6 Å². The summed E-state index contributed by atoms with van der Waals surface area (Å²) in [6.45, 7) is 0.246. The van der Waals surface area contributed by atoms with Gasteiger partial charge in [-0.25, -0.2) is 17.2 Å². The summed E-state index contributed by atoms with van der Waals surface area (Å²) >= 11 is 5.90. The number of rotatable bonds is 6. The number of amides is 1. The van der Waals surface area contributed by atoms with Crippen LogP contribution < -0.4 is 0 Å². The van der Waals surface area contributed by atoms with Gasteiger partial charge in [0.05, 0.1) is 11.2 Å². The van der Waals surface area contributed by atoms with E-state index in [0.29, 0.717) is 31.0 Å². The van der Waals surface area contributed by atoms with Gasteiger partial charge < -0.3 is 9.32 Å². The molecule has 2 aromatic carbocycles. The number of likely N-dealkylation sites (tertiary alicyclic amines) is 1. The number of sulfonamides is 1. The van der Waals surface area contributed by atoms with Crippen molar-refractivity contribution in [3.8, 4) is 0 Å². The van der Waals surface area contributed by atoms with Crippen molar-refractivity contribution in [3.05, 3.63) is 88.8 Å². The first-order chi connectivity index (χ1) is 15.8. The topological polar surface area (TPSA) is 70.8 Å². The van der Waals surface area contributed by atoms with Crippen LogP contribution in [-0.2, 0) is 16.6 Å². The lowest BCUT2D eigenvalue weighted by Gasteiger charge is -2.37. The van der Waals surface area contributed by atoms with E-state index in [9.17, 15) is 22.0 Å². The maximum absolute atomic E-state index is 14.4. The van der Waals surface area contributed by atoms with Crippen LogP contribution in [0, 0.1) is 11.6 Å². The molecule has 6 nitrogen and oxygen atoms in total. The van der Waals surface area contributed by atoms with Crippen LogP contribution in [0.5, 0.6) is 0 Å². The van der Waals surface area contributed by atoms with E-state index >= 15 is 0 Å². The standard InChI is InChI=1S/C23H21ClF2N2O4S/c24-17-3-6-20(7-4-17)33(30,31)28(15-16-14-18(25)5-8-21(16)26)19-9-11-27(12-10-19)23(29)22-2-1-13-32-22/h1-8,13-14,19H,9-12,15H2. The molecule has 1 amide bonds. The third-order valence-electron chi connectivity index (χ3n) is 5.65. The predicted octanol–water partition coefficient (Wildman–Crippen LogP) is 4.71. The monoisotopic (exact) mass is 494 g/mol. The second kappa shape index (κ2) is 9.62. The second-order valence-electron chi connectivity index (χ2n) is 7.74. The highest BCUT2D eigenvalue weighted by atomic mass is 35.5. The Hall–Kier alpha value is -2.75. The Morgan fingerprint density at radius 1 is 1.09 bits per heavy atom. The van der Waals surface area contributed by atoms with Crippen molar-refractivity contribution in [1.29, 1.82) is 0 Å². The highest BCUT2D eigenvalue weighted by molar-refractivity contribution is 7.89. The number of hydrogen-bond donors (Lipinski definition) is 0. The van der Waals surface area contributed by atoms with E-state index in [1.807, 2.05) is 0 Å². The van der Waals surface area contributed by atoms with Crippen molar-refractivity contribution in [1.82, 2.24) is 9.21 Å². The van der Waals surface area contributed by atoms with Crippen molar-refractivity contribution in [2.75, 3.05) is 13.1 Å². The molecule has 0 spiro atoms. The molecule has 174 valence electrons. The molecule has 0 bridgehead atoms. The van der Waals surface area contributed by atoms with Gasteiger partial charge in [0.2, 0.25) is 10.0 Å². The molecular weight excluding hydrogens is 474 g/mol. The van der Waals surface area contributed by atoms with E-state index in [1.165, 1.54) is 34.8 Å². The number of nitrogens with zero attached hydrogens (tertiary/aromatic N) is 2. The molecule has 1 aromatic heterocycles. The molecule has 0 unspecified atom stereocenters. The van der Waals surface area contributed by atoms with Gasteiger partial charge in [0.25, 0.3) is 5.91 Å². The molecule has 0 saturated carbocycles. The molecule has 1 aliphatic heterocycles. The summed E-state index contributed by atoms with van der Waals surface area (Å²) in [4.78, 5) is 14.1. The molecular formula is C23H21ClF2N2O4S. The molecule has 0 radical (unpaired) electrons.